The summed E-state index contributed by atoms with van der Waals surface area (Å²) >= 11 is 0. The second-order valence-corrected chi connectivity index (χ2v) is 10.7. The molecule has 168 valence electrons. The highest BCUT2D eigenvalue weighted by Crippen LogP contribution is 2.50. The van der Waals surface area contributed by atoms with E-state index in [-0.39, 0.29) is 32.4 Å². The lowest BCUT2D eigenvalue weighted by Crippen LogP contribution is -2.72. The largest absolute Gasteiger partial charge is 0.481 e. The number of rotatable bonds is 6. The van der Waals surface area contributed by atoms with Gasteiger partial charge in [-0.05, 0) is 12.8 Å². The predicted octanol–water partition coefficient (Wildman–Crippen LogP) is -1.94. The van der Waals surface area contributed by atoms with Crippen molar-refractivity contribution in [3.05, 3.63) is 12.4 Å². The molecule has 4 aliphatic heterocycles. The second kappa shape index (κ2) is 7.56. The number of likely N-dealkylation sites (tertiary alicyclic amines) is 1. The van der Waals surface area contributed by atoms with Crippen LogP contribution in [0.3, 0.4) is 0 Å². The van der Waals surface area contributed by atoms with E-state index in [1.54, 1.807) is 4.90 Å². The minimum atomic E-state index is -3.82. The molecule has 0 radical (unpaired) electrons. The Hall–Kier alpha value is -2.52. The molecule has 0 saturated carbocycles. The Labute approximate surface area is 178 Å². The summed E-state index contributed by atoms with van der Waals surface area (Å²) in [4.78, 5) is 38.9. The summed E-state index contributed by atoms with van der Waals surface area (Å²) in [5.74, 6) is -3.05. The van der Waals surface area contributed by atoms with E-state index < -0.39 is 62.9 Å². The molecule has 0 unspecified atom stereocenters. The number of hydrogen-bond acceptors (Lipinski definition) is 10. The summed E-state index contributed by atoms with van der Waals surface area (Å²) in [7, 11) is -5.27. The number of fused-ring (bicyclic) bond motifs is 1. The van der Waals surface area contributed by atoms with Crippen molar-refractivity contribution in [1.29, 1.82) is 5.53 Å². The molecule has 4 fully saturated rings. The average Bonchev–Trinajstić information content (AvgIpc) is 2.81. The molecule has 0 aromatic rings. The lowest BCUT2D eigenvalue weighted by molar-refractivity contribution is -0.151. The van der Waals surface area contributed by atoms with Crippen LogP contribution in [-0.4, -0.2) is 94.5 Å². The van der Waals surface area contributed by atoms with Gasteiger partial charge in [-0.1, -0.05) is 0 Å². The number of carboxylic acids is 1. The molecule has 15 heteroatoms. The zero-order valence-electron chi connectivity index (χ0n) is 16.4. The van der Waals surface area contributed by atoms with Crippen LogP contribution in [0.5, 0.6) is 0 Å². The first-order valence-corrected chi connectivity index (χ1v) is 11.3. The van der Waals surface area contributed by atoms with E-state index in [4.69, 9.17) is 15.3 Å². The molecule has 0 aromatic heterocycles. The monoisotopic (exact) mass is 455 g/mol. The Balaban J connectivity index is 1.51. The fourth-order valence-electron chi connectivity index (χ4n) is 4.86. The van der Waals surface area contributed by atoms with Crippen molar-refractivity contribution in [2.24, 2.45) is 5.11 Å². The van der Waals surface area contributed by atoms with Gasteiger partial charge < -0.3 is 29.9 Å². The van der Waals surface area contributed by atoms with Gasteiger partial charge in [0.25, 0.3) is 0 Å². The molecule has 4 heterocycles. The average molecular weight is 455 g/mol. The number of β-lactam (4-membered cyclic amide) rings is 1. The van der Waals surface area contributed by atoms with Crippen LogP contribution in [0, 0.1) is 5.53 Å². The zero-order chi connectivity index (χ0) is 22.6. The molecule has 2 amide bonds. The van der Waals surface area contributed by atoms with E-state index in [0.29, 0.717) is 6.42 Å². The van der Waals surface area contributed by atoms with Crippen molar-refractivity contribution in [3.8, 4) is 0 Å². The lowest BCUT2D eigenvalue weighted by Gasteiger charge is -2.49. The zero-order valence-corrected chi connectivity index (χ0v) is 17.2. The quantitative estimate of drug-likeness (QED) is 0.200. The van der Waals surface area contributed by atoms with Crippen LogP contribution in [0.1, 0.15) is 25.7 Å². The molecule has 4 rings (SSSR count). The molecule has 4 aliphatic rings. The van der Waals surface area contributed by atoms with Gasteiger partial charge in [0.1, 0.15) is 16.2 Å². The van der Waals surface area contributed by atoms with Gasteiger partial charge in [-0.2, -0.15) is 5.11 Å². The van der Waals surface area contributed by atoms with E-state index >= 15 is 0 Å². The first kappa shape index (κ1) is 21.7. The van der Waals surface area contributed by atoms with Crippen molar-refractivity contribution in [2.75, 3.05) is 13.1 Å². The standard InChI is InChI=1S/C16H22BN5O8S/c18-19-3-4-21-7-16(8-21)14(22-11(23)6-12(22)31(16,28)29)15(26)20-10-2-1-9(5-13(24)25)30-17(10)27/h3-4,9-10,12,14,18,27H,1-2,5-8H2,(H,20,26)(H,24,25)/b4-3-,19-18?/t9-,10-,12+,14-/m0/s1. The van der Waals surface area contributed by atoms with E-state index in [1.807, 2.05) is 0 Å². The molecule has 0 aromatic carbocycles. The molecule has 1 spiro atoms. The number of carbonyl (C=O) groups excluding carboxylic acids is 2. The van der Waals surface area contributed by atoms with Gasteiger partial charge in [0.05, 0.1) is 31.1 Å². The second-order valence-electron chi connectivity index (χ2n) is 8.24. The van der Waals surface area contributed by atoms with E-state index in [0.717, 1.165) is 4.90 Å². The van der Waals surface area contributed by atoms with Gasteiger partial charge in [0.2, 0.25) is 11.8 Å². The molecule has 0 aliphatic carbocycles. The van der Waals surface area contributed by atoms with Crippen LogP contribution >= 0.6 is 0 Å². The topological polar surface area (TPSA) is 190 Å². The predicted molar refractivity (Wildman–Crippen MR) is 103 cm³/mol. The molecule has 4 atom stereocenters. The van der Waals surface area contributed by atoms with Gasteiger partial charge in [0.15, 0.2) is 9.84 Å². The van der Waals surface area contributed by atoms with Gasteiger partial charge >= 0.3 is 13.1 Å². The number of nitrogens with zero attached hydrogens (tertiary/aromatic N) is 3. The molecule has 31 heavy (non-hydrogen) atoms. The minimum absolute atomic E-state index is 0.0237. The van der Waals surface area contributed by atoms with E-state index in [2.05, 4.69) is 10.4 Å². The van der Waals surface area contributed by atoms with Gasteiger partial charge in [-0.25, -0.2) is 13.9 Å². The molecular weight excluding hydrogens is 433 g/mol. The first-order chi connectivity index (χ1) is 14.6. The van der Waals surface area contributed by atoms with Crippen molar-refractivity contribution >= 4 is 34.7 Å². The number of carbonyl (C=O) groups is 3. The normalized spacial score (nSPS) is 33.1. The number of amides is 2. The summed E-state index contributed by atoms with van der Waals surface area (Å²) in [6.07, 6.45) is 2.04. The summed E-state index contributed by atoms with van der Waals surface area (Å²) in [5, 5.41) is 23.7. The number of sulfone groups is 1. The third-order valence-electron chi connectivity index (χ3n) is 6.40. The fourth-order valence-corrected chi connectivity index (χ4v) is 7.53. The third kappa shape index (κ3) is 3.31. The van der Waals surface area contributed by atoms with Crippen molar-refractivity contribution in [2.45, 2.75) is 53.9 Å². The Morgan fingerprint density at radius 1 is 1.39 bits per heavy atom. The Bertz CT molecular complexity index is 952. The molecule has 0 bridgehead atoms. The SMILES string of the molecule is N=N/C=C\N1CC2(C1)[C@H](C(=O)N[C@H]1CC[C@@H](CC(=O)O)OB1O)N1C(=O)C[C@H]1S2(=O)=O. The van der Waals surface area contributed by atoms with Gasteiger partial charge in [-0.15, -0.1) is 0 Å². The minimum Gasteiger partial charge on any atom is -0.481 e. The number of nitrogens with one attached hydrogen (secondary N) is 2. The number of aliphatic carboxylic acids is 1. The maximum absolute atomic E-state index is 13.2. The van der Waals surface area contributed by atoms with Gasteiger partial charge in [-0.3, -0.25) is 14.4 Å². The van der Waals surface area contributed by atoms with Crippen LogP contribution in [0.25, 0.3) is 0 Å². The summed E-state index contributed by atoms with van der Waals surface area (Å²) in [6.45, 7) is -0.0474. The smallest absolute Gasteiger partial charge is 0.478 e. The fraction of sp³-hybridized carbons (Fsp3) is 0.688. The first-order valence-electron chi connectivity index (χ1n) is 9.78. The van der Waals surface area contributed by atoms with E-state index in [1.165, 1.54) is 12.4 Å². The molecular formula is C16H22BN5O8S. The highest BCUT2D eigenvalue weighted by Gasteiger charge is 2.75. The Morgan fingerprint density at radius 3 is 2.68 bits per heavy atom. The molecule has 4 N–H and O–H groups in total. The molecule has 13 nitrogen and oxygen atoms in total. The highest BCUT2D eigenvalue weighted by molar-refractivity contribution is 7.94. The highest BCUT2D eigenvalue weighted by atomic mass is 32.2. The third-order valence-corrected chi connectivity index (χ3v) is 9.12. The maximum atomic E-state index is 13.2. The summed E-state index contributed by atoms with van der Waals surface area (Å²) in [6, 6.07) is -1.25. The van der Waals surface area contributed by atoms with Crippen molar-refractivity contribution in [1.82, 2.24) is 15.1 Å². The van der Waals surface area contributed by atoms with Crippen LogP contribution in [0.2, 0.25) is 0 Å². The summed E-state index contributed by atoms with van der Waals surface area (Å²) in [5.41, 5.74) is 6.80. The van der Waals surface area contributed by atoms with Crippen molar-refractivity contribution < 1.29 is 37.6 Å². The van der Waals surface area contributed by atoms with Crippen LogP contribution < -0.4 is 5.32 Å². The Morgan fingerprint density at radius 2 is 2.10 bits per heavy atom. The Kier molecular flexibility index (Phi) is 5.30. The van der Waals surface area contributed by atoms with Crippen LogP contribution in [0.15, 0.2) is 17.5 Å². The molecule has 4 saturated heterocycles. The van der Waals surface area contributed by atoms with Crippen LogP contribution in [0.4, 0.5) is 0 Å². The summed E-state index contributed by atoms with van der Waals surface area (Å²) < 4.78 is 30.0. The number of carboxylic acid groups (broad SMARTS) is 1. The maximum Gasteiger partial charge on any atom is 0.478 e. The lowest BCUT2D eigenvalue weighted by atomic mass is 9.72. The van der Waals surface area contributed by atoms with Gasteiger partial charge in [0, 0.05) is 19.3 Å². The van der Waals surface area contributed by atoms with E-state index in [9.17, 15) is 27.8 Å². The van der Waals surface area contributed by atoms with Crippen LogP contribution in [-0.2, 0) is 28.9 Å². The van der Waals surface area contributed by atoms with Crippen molar-refractivity contribution in [3.63, 3.8) is 0 Å². The number of hydrogen-bond donors (Lipinski definition) is 4.